The van der Waals surface area contributed by atoms with Crippen molar-refractivity contribution in [3.63, 3.8) is 0 Å². The van der Waals surface area contributed by atoms with Gasteiger partial charge in [0.15, 0.2) is 0 Å². The van der Waals surface area contributed by atoms with E-state index in [9.17, 15) is 4.79 Å². The maximum atomic E-state index is 11.1. The van der Waals surface area contributed by atoms with Crippen LogP contribution in [0.2, 0.25) is 0 Å². The molecule has 1 aromatic rings. The molecule has 1 amide bonds. The predicted molar refractivity (Wildman–Crippen MR) is 53.5 cm³/mol. The quantitative estimate of drug-likeness (QED) is 0.730. The van der Waals surface area contributed by atoms with Gasteiger partial charge in [-0.25, -0.2) is 0 Å². The van der Waals surface area contributed by atoms with Crippen LogP contribution in [0.3, 0.4) is 0 Å². The summed E-state index contributed by atoms with van der Waals surface area (Å²) in [6.07, 6.45) is 0. The summed E-state index contributed by atoms with van der Waals surface area (Å²) in [5, 5.41) is 0. The van der Waals surface area contributed by atoms with Gasteiger partial charge in [-0.15, -0.1) is 0 Å². The first-order valence-electron chi connectivity index (χ1n) is 4.58. The molecule has 1 aliphatic heterocycles. The Kier molecular flexibility index (Phi) is 1.77. The van der Waals surface area contributed by atoms with Crippen molar-refractivity contribution in [3.05, 3.63) is 29.3 Å². The second kappa shape index (κ2) is 2.74. The number of ether oxygens (including phenoxy) is 1. The van der Waals surface area contributed by atoms with Crippen LogP contribution in [0.25, 0.3) is 0 Å². The van der Waals surface area contributed by atoms with E-state index in [2.05, 4.69) is 13.8 Å². The number of carbonyl (C=O) groups is 1. The zero-order valence-corrected chi connectivity index (χ0v) is 8.33. The van der Waals surface area contributed by atoms with E-state index in [1.165, 1.54) is 0 Å². The molecule has 0 aromatic heterocycles. The lowest BCUT2D eigenvalue weighted by Crippen LogP contribution is -2.18. The topological polar surface area (TPSA) is 52.3 Å². The Labute approximate surface area is 82.9 Å². The molecular formula is C11H13NO2. The molecule has 14 heavy (non-hydrogen) atoms. The number of hydrogen-bond donors (Lipinski definition) is 1. The van der Waals surface area contributed by atoms with Crippen molar-refractivity contribution in [1.82, 2.24) is 0 Å². The van der Waals surface area contributed by atoms with Crippen molar-refractivity contribution < 1.29 is 9.53 Å². The molecule has 0 bridgehead atoms. The molecule has 3 heteroatoms. The molecule has 0 saturated carbocycles. The third-order valence-electron chi connectivity index (χ3n) is 2.59. The maximum Gasteiger partial charge on any atom is 0.252 e. The van der Waals surface area contributed by atoms with Gasteiger partial charge in [-0.2, -0.15) is 0 Å². The predicted octanol–water partition coefficient (Wildman–Crippen LogP) is 1.46. The fourth-order valence-electron chi connectivity index (χ4n) is 1.75. The van der Waals surface area contributed by atoms with Crippen molar-refractivity contribution >= 4 is 5.91 Å². The zero-order chi connectivity index (χ0) is 10.3. The first kappa shape index (κ1) is 9.06. The van der Waals surface area contributed by atoms with Crippen molar-refractivity contribution in [3.8, 4) is 5.75 Å². The molecule has 0 atom stereocenters. The average Bonchev–Trinajstić information content (AvgIpc) is 2.42. The van der Waals surface area contributed by atoms with Gasteiger partial charge in [-0.1, -0.05) is 26.0 Å². The molecular weight excluding hydrogens is 178 g/mol. The van der Waals surface area contributed by atoms with E-state index in [0.29, 0.717) is 17.9 Å². The van der Waals surface area contributed by atoms with E-state index in [1.54, 1.807) is 6.07 Å². The van der Waals surface area contributed by atoms with Gasteiger partial charge in [0.25, 0.3) is 5.91 Å². The third-order valence-corrected chi connectivity index (χ3v) is 2.59. The molecule has 3 nitrogen and oxygen atoms in total. The highest BCUT2D eigenvalue weighted by molar-refractivity contribution is 5.96. The molecule has 0 radical (unpaired) electrons. The number of rotatable bonds is 1. The summed E-state index contributed by atoms with van der Waals surface area (Å²) >= 11 is 0. The Morgan fingerprint density at radius 3 is 2.86 bits per heavy atom. The molecule has 0 fully saturated rings. The van der Waals surface area contributed by atoms with E-state index in [-0.39, 0.29) is 5.41 Å². The molecule has 2 rings (SSSR count). The zero-order valence-electron chi connectivity index (χ0n) is 8.33. The maximum absolute atomic E-state index is 11.1. The van der Waals surface area contributed by atoms with Crippen LogP contribution in [0.5, 0.6) is 5.75 Å². The van der Waals surface area contributed by atoms with Gasteiger partial charge < -0.3 is 10.5 Å². The number of carbonyl (C=O) groups excluding carboxylic acids is 1. The highest BCUT2D eigenvalue weighted by atomic mass is 16.5. The largest absolute Gasteiger partial charge is 0.492 e. The SMILES string of the molecule is CC1(C)COc2c(C(N)=O)cccc21. The number of primary amides is 1. The van der Waals surface area contributed by atoms with Crippen molar-refractivity contribution in [2.45, 2.75) is 19.3 Å². The normalized spacial score (nSPS) is 17.3. The Morgan fingerprint density at radius 1 is 1.50 bits per heavy atom. The fraction of sp³-hybridized carbons (Fsp3) is 0.364. The van der Waals surface area contributed by atoms with Crippen LogP contribution < -0.4 is 10.5 Å². The third kappa shape index (κ3) is 1.16. The number of fused-ring (bicyclic) bond motifs is 1. The van der Waals surface area contributed by atoms with Gasteiger partial charge in [-0.05, 0) is 6.07 Å². The van der Waals surface area contributed by atoms with E-state index >= 15 is 0 Å². The minimum atomic E-state index is -0.431. The first-order valence-corrected chi connectivity index (χ1v) is 4.58. The molecule has 1 heterocycles. The molecule has 0 spiro atoms. The van der Waals surface area contributed by atoms with Gasteiger partial charge in [-0.3, -0.25) is 4.79 Å². The second-order valence-electron chi connectivity index (χ2n) is 4.22. The molecule has 0 aliphatic carbocycles. The molecule has 1 aliphatic rings. The highest BCUT2D eigenvalue weighted by Gasteiger charge is 2.33. The number of para-hydroxylation sites is 1. The number of hydrogen-bond acceptors (Lipinski definition) is 2. The smallest absolute Gasteiger partial charge is 0.252 e. The summed E-state index contributed by atoms with van der Waals surface area (Å²) in [6.45, 7) is 4.78. The molecule has 0 saturated heterocycles. The van der Waals surface area contributed by atoms with Crippen molar-refractivity contribution in [2.24, 2.45) is 5.73 Å². The van der Waals surface area contributed by atoms with Crippen molar-refractivity contribution in [2.75, 3.05) is 6.61 Å². The monoisotopic (exact) mass is 191 g/mol. The summed E-state index contributed by atoms with van der Waals surface area (Å²) in [5.41, 5.74) is 6.77. The lowest BCUT2D eigenvalue weighted by Gasteiger charge is -2.14. The van der Waals surface area contributed by atoms with Crippen LogP contribution in [0.1, 0.15) is 29.8 Å². The average molecular weight is 191 g/mol. The number of benzene rings is 1. The summed E-state index contributed by atoms with van der Waals surface area (Å²) in [6, 6.07) is 5.52. The van der Waals surface area contributed by atoms with Gasteiger partial charge in [0.2, 0.25) is 0 Å². The Balaban J connectivity index is 2.61. The van der Waals surface area contributed by atoms with Gasteiger partial charge >= 0.3 is 0 Å². The Bertz CT molecular complexity index is 396. The fourth-order valence-corrected chi connectivity index (χ4v) is 1.75. The van der Waals surface area contributed by atoms with Crippen LogP contribution in [-0.4, -0.2) is 12.5 Å². The summed E-state index contributed by atoms with van der Waals surface area (Å²) in [7, 11) is 0. The van der Waals surface area contributed by atoms with E-state index in [4.69, 9.17) is 10.5 Å². The molecule has 0 unspecified atom stereocenters. The summed E-state index contributed by atoms with van der Waals surface area (Å²) in [5.74, 6) is 0.226. The summed E-state index contributed by atoms with van der Waals surface area (Å²) in [4.78, 5) is 11.1. The number of amides is 1. The molecule has 74 valence electrons. The lowest BCUT2D eigenvalue weighted by atomic mass is 9.86. The van der Waals surface area contributed by atoms with Crippen LogP contribution in [0.15, 0.2) is 18.2 Å². The van der Waals surface area contributed by atoms with E-state index in [1.807, 2.05) is 12.1 Å². The Morgan fingerprint density at radius 2 is 2.21 bits per heavy atom. The molecule has 1 aromatic carbocycles. The van der Waals surface area contributed by atoms with Gasteiger partial charge in [0.1, 0.15) is 5.75 Å². The van der Waals surface area contributed by atoms with Crippen LogP contribution in [0.4, 0.5) is 0 Å². The Hall–Kier alpha value is -1.51. The lowest BCUT2D eigenvalue weighted by molar-refractivity contribution is 0.0997. The molecule has 2 N–H and O–H groups in total. The van der Waals surface area contributed by atoms with E-state index < -0.39 is 5.91 Å². The van der Waals surface area contributed by atoms with Gasteiger partial charge in [0.05, 0.1) is 12.2 Å². The summed E-state index contributed by atoms with van der Waals surface area (Å²) < 4.78 is 5.51. The van der Waals surface area contributed by atoms with E-state index in [0.717, 1.165) is 5.56 Å². The van der Waals surface area contributed by atoms with Crippen molar-refractivity contribution in [1.29, 1.82) is 0 Å². The van der Waals surface area contributed by atoms with Crippen LogP contribution in [-0.2, 0) is 5.41 Å². The minimum absolute atomic E-state index is 0.0270. The second-order valence-corrected chi connectivity index (χ2v) is 4.22. The van der Waals surface area contributed by atoms with Crippen LogP contribution in [0, 0.1) is 0 Å². The van der Waals surface area contributed by atoms with Gasteiger partial charge in [0, 0.05) is 11.0 Å². The minimum Gasteiger partial charge on any atom is -0.492 e. The van der Waals surface area contributed by atoms with Crippen LogP contribution >= 0.6 is 0 Å². The standard InChI is InChI=1S/C11H13NO2/c1-11(2)6-14-9-7(10(12)13)4-3-5-8(9)11/h3-5H,6H2,1-2H3,(H2,12,13). The highest BCUT2D eigenvalue weighted by Crippen LogP contribution is 2.40. The first-order chi connectivity index (χ1) is 6.52. The number of nitrogens with two attached hydrogens (primary N) is 1.